The molecule has 0 unspecified atom stereocenters. The third-order valence-electron chi connectivity index (χ3n) is 4.91. The van der Waals surface area contributed by atoms with E-state index in [-0.39, 0.29) is 17.4 Å². The highest BCUT2D eigenvalue weighted by molar-refractivity contribution is 5.94. The molecular formula is C22H24N4O4. The van der Waals surface area contributed by atoms with Gasteiger partial charge in [0.05, 0.1) is 4.92 Å². The monoisotopic (exact) mass is 408 g/mol. The van der Waals surface area contributed by atoms with E-state index in [0.29, 0.717) is 36.5 Å². The molecule has 0 saturated heterocycles. The first-order valence-corrected chi connectivity index (χ1v) is 9.83. The van der Waals surface area contributed by atoms with E-state index < -0.39 is 4.92 Å². The quantitative estimate of drug-likeness (QED) is 0.405. The van der Waals surface area contributed by atoms with Crippen LogP contribution in [0.3, 0.4) is 0 Å². The minimum Gasteiger partial charge on any atom is -0.339 e. The Balaban J connectivity index is 1.71. The summed E-state index contributed by atoms with van der Waals surface area (Å²) >= 11 is 0. The second-order valence-corrected chi connectivity index (χ2v) is 7.16. The first-order chi connectivity index (χ1) is 14.4. The van der Waals surface area contributed by atoms with Gasteiger partial charge in [0, 0.05) is 42.8 Å². The second-order valence-electron chi connectivity index (χ2n) is 7.16. The van der Waals surface area contributed by atoms with Gasteiger partial charge >= 0.3 is 0 Å². The molecule has 0 N–H and O–H groups in total. The molecule has 8 nitrogen and oxygen atoms in total. The molecule has 1 aromatic heterocycles. The van der Waals surface area contributed by atoms with Crippen LogP contribution < -0.4 is 0 Å². The van der Waals surface area contributed by atoms with E-state index in [1.165, 1.54) is 12.1 Å². The van der Waals surface area contributed by atoms with Crippen LogP contribution in [0.1, 0.15) is 40.7 Å². The number of hydrogen-bond donors (Lipinski definition) is 0. The van der Waals surface area contributed by atoms with Crippen molar-refractivity contribution in [3.63, 3.8) is 0 Å². The lowest BCUT2D eigenvalue weighted by atomic mass is 10.1. The van der Waals surface area contributed by atoms with E-state index in [4.69, 9.17) is 4.52 Å². The molecule has 156 valence electrons. The zero-order valence-corrected chi connectivity index (χ0v) is 17.3. The van der Waals surface area contributed by atoms with Crippen molar-refractivity contribution in [3.8, 4) is 11.4 Å². The summed E-state index contributed by atoms with van der Waals surface area (Å²) < 4.78 is 5.30. The van der Waals surface area contributed by atoms with E-state index in [2.05, 4.69) is 10.1 Å². The molecule has 0 saturated carbocycles. The van der Waals surface area contributed by atoms with Gasteiger partial charge in [0.15, 0.2) is 0 Å². The SMILES string of the molecule is CCCN(CCc1nc(-c2cccc([N+](=O)[O-])c2)no1)C(=O)c1ccc(C)c(C)c1. The fraction of sp³-hybridized carbons (Fsp3) is 0.318. The number of nitrogens with zero attached hydrogens (tertiary/aromatic N) is 4. The van der Waals surface area contributed by atoms with Gasteiger partial charge in [-0.2, -0.15) is 4.98 Å². The molecule has 0 aliphatic heterocycles. The van der Waals surface area contributed by atoms with Crippen LogP contribution in [0.5, 0.6) is 0 Å². The van der Waals surface area contributed by atoms with Gasteiger partial charge in [-0.05, 0) is 43.5 Å². The maximum Gasteiger partial charge on any atom is 0.270 e. The Labute approximate surface area is 174 Å². The Bertz CT molecular complexity index is 1060. The summed E-state index contributed by atoms with van der Waals surface area (Å²) in [5.74, 6) is 0.639. The minimum absolute atomic E-state index is 0.0293. The van der Waals surface area contributed by atoms with E-state index in [9.17, 15) is 14.9 Å². The van der Waals surface area contributed by atoms with Crippen molar-refractivity contribution in [3.05, 3.63) is 75.2 Å². The zero-order valence-electron chi connectivity index (χ0n) is 17.3. The number of rotatable bonds is 8. The van der Waals surface area contributed by atoms with E-state index in [1.54, 1.807) is 17.0 Å². The van der Waals surface area contributed by atoms with Crippen LogP contribution in [0, 0.1) is 24.0 Å². The number of aromatic nitrogens is 2. The number of amides is 1. The molecule has 0 bridgehead atoms. The first-order valence-electron chi connectivity index (χ1n) is 9.83. The molecule has 0 aliphatic rings. The molecule has 1 heterocycles. The normalized spacial score (nSPS) is 10.8. The van der Waals surface area contributed by atoms with E-state index in [0.717, 1.165) is 17.5 Å². The van der Waals surface area contributed by atoms with Gasteiger partial charge in [0.25, 0.3) is 11.6 Å². The van der Waals surface area contributed by atoms with E-state index >= 15 is 0 Å². The number of non-ortho nitro benzene ring substituents is 1. The van der Waals surface area contributed by atoms with E-state index in [1.807, 2.05) is 39.0 Å². The molecule has 0 fully saturated rings. The predicted octanol–water partition coefficient (Wildman–Crippen LogP) is 4.36. The van der Waals surface area contributed by atoms with Gasteiger partial charge in [-0.3, -0.25) is 14.9 Å². The lowest BCUT2D eigenvalue weighted by Crippen LogP contribution is -2.33. The maximum atomic E-state index is 12.9. The molecule has 8 heteroatoms. The summed E-state index contributed by atoms with van der Waals surface area (Å²) in [5.41, 5.74) is 3.36. The molecule has 0 spiro atoms. The van der Waals surface area contributed by atoms with Gasteiger partial charge in [-0.15, -0.1) is 0 Å². The lowest BCUT2D eigenvalue weighted by molar-refractivity contribution is -0.384. The van der Waals surface area contributed by atoms with Crippen LogP contribution >= 0.6 is 0 Å². The number of nitro groups is 1. The Kier molecular flexibility index (Phi) is 6.56. The Morgan fingerprint density at radius 1 is 1.13 bits per heavy atom. The number of carbonyl (C=O) groups is 1. The smallest absolute Gasteiger partial charge is 0.270 e. The van der Waals surface area contributed by atoms with Crippen molar-refractivity contribution in [2.75, 3.05) is 13.1 Å². The molecule has 3 aromatic rings. The average molecular weight is 408 g/mol. The molecule has 3 rings (SSSR count). The summed E-state index contributed by atoms with van der Waals surface area (Å²) in [5, 5.41) is 14.9. The molecule has 0 atom stereocenters. The summed E-state index contributed by atoms with van der Waals surface area (Å²) in [6.45, 7) is 7.09. The molecule has 1 amide bonds. The Hall–Kier alpha value is -3.55. The van der Waals surface area contributed by atoms with Gasteiger partial charge in [-0.25, -0.2) is 0 Å². The van der Waals surface area contributed by atoms with Crippen LogP contribution in [-0.4, -0.2) is 39.0 Å². The maximum absolute atomic E-state index is 12.9. The molecule has 0 radical (unpaired) electrons. The van der Waals surface area contributed by atoms with Crippen LogP contribution in [0.2, 0.25) is 0 Å². The highest BCUT2D eigenvalue weighted by atomic mass is 16.6. The van der Waals surface area contributed by atoms with Gasteiger partial charge in [-0.1, -0.05) is 30.3 Å². The van der Waals surface area contributed by atoms with Gasteiger partial charge in [0.2, 0.25) is 11.7 Å². The fourth-order valence-corrected chi connectivity index (χ4v) is 3.10. The highest BCUT2D eigenvalue weighted by Gasteiger charge is 2.18. The van der Waals surface area contributed by atoms with Crippen molar-refractivity contribution in [2.24, 2.45) is 0 Å². The third-order valence-corrected chi connectivity index (χ3v) is 4.91. The zero-order chi connectivity index (χ0) is 21.7. The molecule has 30 heavy (non-hydrogen) atoms. The van der Waals surface area contributed by atoms with Crippen LogP contribution in [0.25, 0.3) is 11.4 Å². The topological polar surface area (TPSA) is 102 Å². The van der Waals surface area contributed by atoms with Crippen molar-refractivity contribution in [1.82, 2.24) is 15.0 Å². The van der Waals surface area contributed by atoms with Crippen molar-refractivity contribution in [1.29, 1.82) is 0 Å². The Morgan fingerprint density at radius 3 is 2.63 bits per heavy atom. The van der Waals surface area contributed by atoms with Gasteiger partial charge < -0.3 is 9.42 Å². The van der Waals surface area contributed by atoms with Crippen molar-refractivity contribution in [2.45, 2.75) is 33.6 Å². The van der Waals surface area contributed by atoms with Gasteiger partial charge in [0.1, 0.15) is 0 Å². The number of carbonyl (C=O) groups excluding carboxylic acids is 1. The van der Waals surface area contributed by atoms with Crippen LogP contribution in [-0.2, 0) is 6.42 Å². The predicted molar refractivity (Wildman–Crippen MR) is 112 cm³/mol. The summed E-state index contributed by atoms with van der Waals surface area (Å²) in [6.07, 6.45) is 1.23. The molecular weight excluding hydrogens is 384 g/mol. The minimum atomic E-state index is -0.467. The first kappa shape index (κ1) is 21.2. The standard InChI is InChI=1S/C22H24N4O4/c1-4-11-25(22(27)18-9-8-15(2)16(3)13-18)12-10-20-23-21(24-30-20)17-6-5-7-19(14-17)26(28)29/h5-9,13-14H,4,10-12H2,1-3H3. The fourth-order valence-electron chi connectivity index (χ4n) is 3.10. The summed E-state index contributed by atoms with van der Waals surface area (Å²) in [4.78, 5) is 29.5. The third kappa shape index (κ3) is 4.89. The number of benzene rings is 2. The summed E-state index contributed by atoms with van der Waals surface area (Å²) in [7, 11) is 0. The summed E-state index contributed by atoms with van der Waals surface area (Å²) in [6, 6.07) is 11.8. The molecule has 0 aliphatic carbocycles. The Morgan fingerprint density at radius 2 is 1.93 bits per heavy atom. The lowest BCUT2D eigenvalue weighted by Gasteiger charge is -2.22. The average Bonchev–Trinajstić information content (AvgIpc) is 3.22. The highest BCUT2D eigenvalue weighted by Crippen LogP contribution is 2.21. The van der Waals surface area contributed by atoms with Crippen LogP contribution in [0.15, 0.2) is 47.0 Å². The van der Waals surface area contributed by atoms with Crippen molar-refractivity contribution >= 4 is 11.6 Å². The molecule has 2 aromatic carbocycles. The van der Waals surface area contributed by atoms with Crippen LogP contribution in [0.4, 0.5) is 5.69 Å². The second kappa shape index (κ2) is 9.30. The number of aryl methyl sites for hydroxylation is 2. The number of nitro benzene ring substituents is 1. The largest absolute Gasteiger partial charge is 0.339 e. The van der Waals surface area contributed by atoms with Crippen molar-refractivity contribution < 1.29 is 14.2 Å². The number of hydrogen-bond acceptors (Lipinski definition) is 6.